The van der Waals surface area contributed by atoms with Crippen LogP contribution in [0, 0.1) is 5.92 Å². The van der Waals surface area contributed by atoms with Crippen molar-refractivity contribution in [2.24, 2.45) is 5.92 Å². The molecule has 0 aromatic rings. The van der Waals surface area contributed by atoms with Gasteiger partial charge in [0.05, 0.1) is 6.10 Å². The van der Waals surface area contributed by atoms with Gasteiger partial charge in [0.2, 0.25) is 0 Å². The molecule has 1 amide bonds. The van der Waals surface area contributed by atoms with Crippen LogP contribution in [-0.4, -0.2) is 42.4 Å². The molecule has 0 radical (unpaired) electrons. The number of rotatable bonds is 4. The molecule has 1 fully saturated rings. The Balaban J connectivity index is 2.23. The second-order valence-electron chi connectivity index (χ2n) is 6.72. The number of hydrogen-bond acceptors (Lipinski definition) is 3. The van der Waals surface area contributed by atoms with E-state index in [1.165, 1.54) is 0 Å². The van der Waals surface area contributed by atoms with Crippen molar-refractivity contribution in [1.82, 2.24) is 4.90 Å². The van der Waals surface area contributed by atoms with Crippen LogP contribution in [0.1, 0.15) is 53.9 Å². The Labute approximate surface area is 117 Å². The first-order valence-corrected chi connectivity index (χ1v) is 7.37. The lowest BCUT2D eigenvalue weighted by Gasteiger charge is -2.33. The monoisotopic (exact) mass is 271 g/mol. The van der Waals surface area contributed by atoms with Crippen molar-refractivity contribution in [1.29, 1.82) is 0 Å². The Bertz CT molecular complexity index is 276. The topological polar surface area (TPSA) is 38.8 Å². The van der Waals surface area contributed by atoms with Crippen molar-refractivity contribution in [3.05, 3.63) is 0 Å². The fourth-order valence-corrected chi connectivity index (χ4v) is 2.00. The number of piperidine rings is 1. The van der Waals surface area contributed by atoms with E-state index in [4.69, 9.17) is 9.47 Å². The fourth-order valence-electron chi connectivity index (χ4n) is 2.00. The number of amides is 1. The standard InChI is InChI=1S/C15H29NO3/c1-12(2)8-11-18-13-6-9-16(10-7-13)14(17)19-15(3,4)5/h12-13H,6-11H2,1-5H3. The molecule has 0 bridgehead atoms. The third kappa shape index (κ3) is 6.81. The molecule has 0 atom stereocenters. The van der Waals surface area contributed by atoms with Gasteiger partial charge in [-0.05, 0) is 46.0 Å². The molecule has 0 saturated carbocycles. The van der Waals surface area contributed by atoms with Gasteiger partial charge in [-0.25, -0.2) is 4.79 Å². The molecule has 1 saturated heterocycles. The maximum absolute atomic E-state index is 11.9. The van der Waals surface area contributed by atoms with Gasteiger partial charge < -0.3 is 14.4 Å². The van der Waals surface area contributed by atoms with Crippen LogP contribution in [0.15, 0.2) is 0 Å². The summed E-state index contributed by atoms with van der Waals surface area (Å²) in [5.41, 5.74) is -0.415. The summed E-state index contributed by atoms with van der Waals surface area (Å²) in [6, 6.07) is 0. The summed E-state index contributed by atoms with van der Waals surface area (Å²) in [4.78, 5) is 13.7. The van der Waals surface area contributed by atoms with E-state index < -0.39 is 5.60 Å². The molecule has 112 valence electrons. The molecule has 0 aliphatic carbocycles. The van der Waals surface area contributed by atoms with Gasteiger partial charge in [-0.15, -0.1) is 0 Å². The zero-order chi connectivity index (χ0) is 14.5. The van der Waals surface area contributed by atoms with Crippen LogP contribution in [0.3, 0.4) is 0 Å². The SMILES string of the molecule is CC(C)CCOC1CCN(C(=O)OC(C)(C)C)CC1. The van der Waals surface area contributed by atoms with Gasteiger partial charge in [0.15, 0.2) is 0 Å². The lowest BCUT2D eigenvalue weighted by Crippen LogP contribution is -2.43. The van der Waals surface area contributed by atoms with Crippen molar-refractivity contribution in [3.8, 4) is 0 Å². The number of ether oxygens (including phenoxy) is 2. The average molecular weight is 271 g/mol. The molecule has 4 heteroatoms. The smallest absolute Gasteiger partial charge is 0.410 e. The van der Waals surface area contributed by atoms with Crippen molar-refractivity contribution in [2.45, 2.75) is 65.6 Å². The van der Waals surface area contributed by atoms with E-state index >= 15 is 0 Å². The third-order valence-corrected chi connectivity index (χ3v) is 3.14. The van der Waals surface area contributed by atoms with Crippen LogP contribution in [-0.2, 0) is 9.47 Å². The molecule has 1 aliphatic heterocycles. The largest absolute Gasteiger partial charge is 0.444 e. The Kier molecular flexibility index (Phi) is 6.11. The molecule has 0 spiro atoms. The van der Waals surface area contributed by atoms with E-state index in [2.05, 4.69) is 13.8 Å². The molecule has 1 rings (SSSR count). The van der Waals surface area contributed by atoms with Crippen LogP contribution in [0.5, 0.6) is 0 Å². The Hall–Kier alpha value is -0.770. The third-order valence-electron chi connectivity index (χ3n) is 3.14. The van der Waals surface area contributed by atoms with Gasteiger partial charge in [-0.1, -0.05) is 13.8 Å². The normalized spacial score (nSPS) is 17.9. The van der Waals surface area contributed by atoms with Crippen LogP contribution < -0.4 is 0 Å². The molecule has 0 unspecified atom stereocenters. The molecule has 0 aromatic carbocycles. The van der Waals surface area contributed by atoms with E-state index in [-0.39, 0.29) is 6.09 Å². The fraction of sp³-hybridized carbons (Fsp3) is 0.933. The van der Waals surface area contributed by atoms with Crippen LogP contribution in [0.4, 0.5) is 4.79 Å². The maximum atomic E-state index is 11.9. The maximum Gasteiger partial charge on any atom is 0.410 e. The molecule has 0 aromatic heterocycles. The van der Waals surface area contributed by atoms with Gasteiger partial charge in [0.1, 0.15) is 5.60 Å². The summed E-state index contributed by atoms with van der Waals surface area (Å²) in [7, 11) is 0. The molecular weight excluding hydrogens is 242 g/mol. The first kappa shape index (κ1) is 16.3. The van der Waals surface area contributed by atoms with Gasteiger partial charge in [-0.3, -0.25) is 0 Å². The highest BCUT2D eigenvalue weighted by atomic mass is 16.6. The highest BCUT2D eigenvalue weighted by Gasteiger charge is 2.26. The van der Waals surface area contributed by atoms with Crippen molar-refractivity contribution in [2.75, 3.05) is 19.7 Å². The van der Waals surface area contributed by atoms with E-state index in [0.717, 1.165) is 39.0 Å². The second kappa shape index (κ2) is 7.13. The minimum atomic E-state index is -0.415. The summed E-state index contributed by atoms with van der Waals surface area (Å²) in [6.07, 6.45) is 3.03. The molecule has 0 N–H and O–H groups in total. The molecule has 4 nitrogen and oxygen atoms in total. The first-order chi connectivity index (χ1) is 8.78. The summed E-state index contributed by atoms with van der Waals surface area (Å²) in [5.74, 6) is 0.682. The van der Waals surface area contributed by atoms with Crippen LogP contribution in [0.2, 0.25) is 0 Å². The van der Waals surface area contributed by atoms with Crippen LogP contribution in [0.25, 0.3) is 0 Å². The quantitative estimate of drug-likeness (QED) is 0.786. The van der Waals surface area contributed by atoms with E-state index in [1.807, 2.05) is 20.8 Å². The summed E-state index contributed by atoms with van der Waals surface area (Å²) in [6.45, 7) is 12.4. The lowest BCUT2D eigenvalue weighted by molar-refractivity contribution is -0.0134. The van der Waals surface area contributed by atoms with Crippen molar-refractivity contribution < 1.29 is 14.3 Å². The average Bonchev–Trinajstić information content (AvgIpc) is 2.27. The Morgan fingerprint density at radius 2 is 1.84 bits per heavy atom. The van der Waals surface area contributed by atoms with Crippen LogP contribution >= 0.6 is 0 Å². The van der Waals surface area contributed by atoms with Gasteiger partial charge in [-0.2, -0.15) is 0 Å². The number of carbonyl (C=O) groups is 1. The van der Waals surface area contributed by atoms with Gasteiger partial charge in [0.25, 0.3) is 0 Å². The van der Waals surface area contributed by atoms with Crippen molar-refractivity contribution >= 4 is 6.09 Å². The second-order valence-corrected chi connectivity index (χ2v) is 6.72. The lowest BCUT2D eigenvalue weighted by atomic mass is 10.1. The van der Waals surface area contributed by atoms with E-state index in [0.29, 0.717) is 12.0 Å². The highest BCUT2D eigenvalue weighted by Crippen LogP contribution is 2.17. The van der Waals surface area contributed by atoms with E-state index in [9.17, 15) is 4.79 Å². The Morgan fingerprint density at radius 3 is 2.32 bits per heavy atom. The zero-order valence-corrected chi connectivity index (χ0v) is 13.1. The summed E-state index contributed by atoms with van der Waals surface area (Å²) >= 11 is 0. The number of likely N-dealkylation sites (tertiary alicyclic amines) is 1. The van der Waals surface area contributed by atoms with Crippen molar-refractivity contribution in [3.63, 3.8) is 0 Å². The van der Waals surface area contributed by atoms with Gasteiger partial charge >= 0.3 is 6.09 Å². The molecule has 1 aliphatic rings. The molecule has 1 heterocycles. The summed E-state index contributed by atoms with van der Waals surface area (Å²) < 4.78 is 11.2. The van der Waals surface area contributed by atoms with E-state index in [1.54, 1.807) is 4.90 Å². The first-order valence-electron chi connectivity index (χ1n) is 7.37. The molecule has 19 heavy (non-hydrogen) atoms. The summed E-state index contributed by atoms with van der Waals surface area (Å²) in [5, 5.41) is 0. The zero-order valence-electron chi connectivity index (χ0n) is 13.1. The minimum Gasteiger partial charge on any atom is -0.444 e. The number of carbonyl (C=O) groups excluding carboxylic acids is 1. The number of hydrogen-bond donors (Lipinski definition) is 0. The number of nitrogens with zero attached hydrogens (tertiary/aromatic N) is 1. The van der Waals surface area contributed by atoms with Gasteiger partial charge in [0, 0.05) is 19.7 Å². The predicted molar refractivity (Wildman–Crippen MR) is 76.2 cm³/mol. The predicted octanol–water partition coefficient (Wildman–Crippen LogP) is 3.45. The Morgan fingerprint density at radius 1 is 1.26 bits per heavy atom. The highest BCUT2D eigenvalue weighted by molar-refractivity contribution is 5.68. The molecular formula is C15H29NO3. The minimum absolute atomic E-state index is 0.201.